The van der Waals surface area contributed by atoms with E-state index in [1.54, 1.807) is 30.3 Å². The summed E-state index contributed by atoms with van der Waals surface area (Å²) in [6.07, 6.45) is 1.61. The normalized spacial score (nSPS) is 15.5. The van der Waals surface area contributed by atoms with Crippen molar-refractivity contribution >= 4 is 29.0 Å². The Hall–Kier alpha value is -3.59. The van der Waals surface area contributed by atoms with Crippen LogP contribution in [-0.2, 0) is 9.59 Å². The van der Waals surface area contributed by atoms with Gasteiger partial charge in [0.1, 0.15) is 0 Å². The van der Waals surface area contributed by atoms with Gasteiger partial charge in [-0.05, 0) is 25.5 Å². The third-order valence-corrected chi connectivity index (χ3v) is 4.57. The zero-order chi connectivity index (χ0) is 20.8. The van der Waals surface area contributed by atoms with Crippen LogP contribution in [0.5, 0.6) is 0 Å². The van der Waals surface area contributed by atoms with E-state index in [2.05, 4.69) is 16.0 Å². The monoisotopic (exact) mass is 396 g/mol. The smallest absolute Gasteiger partial charge is 0.270 e. The van der Waals surface area contributed by atoms with Gasteiger partial charge < -0.3 is 16.0 Å². The molecule has 1 saturated heterocycles. The number of hydrogen-bond donors (Lipinski definition) is 3. The predicted octanol–water partition coefficient (Wildman–Crippen LogP) is 1.63. The molecule has 2 aromatic carbocycles. The Morgan fingerprint density at radius 2 is 1.90 bits per heavy atom. The molecule has 1 aliphatic heterocycles. The number of hydrogen-bond acceptors (Lipinski definition) is 6. The first-order chi connectivity index (χ1) is 14.0. The maximum absolute atomic E-state index is 12.8. The molecule has 0 bridgehead atoms. The van der Waals surface area contributed by atoms with Crippen LogP contribution in [0.25, 0.3) is 0 Å². The van der Waals surface area contributed by atoms with E-state index in [0.29, 0.717) is 12.0 Å². The zero-order valence-corrected chi connectivity index (χ0v) is 15.5. The van der Waals surface area contributed by atoms with E-state index >= 15 is 0 Å². The van der Waals surface area contributed by atoms with E-state index in [9.17, 15) is 24.5 Å². The number of nitrogens with zero attached hydrogens (tertiary/aromatic N) is 1. The number of non-ortho nitro benzene ring substituents is 1. The number of benzene rings is 2. The first kappa shape index (κ1) is 20.2. The summed E-state index contributed by atoms with van der Waals surface area (Å²) < 4.78 is 0. The number of carbonyl (C=O) groups is 3. The fraction of sp³-hybridized carbons (Fsp3) is 0.250. The molecule has 0 radical (unpaired) electrons. The summed E-state index contributed by atoms with van der Waals surface area (Å²) in [5.74, 6) is -1.25. The minimum atomic E-state index is -0.609. The van der Waals surface area contributed by atoms with Crippen molar-refractivity contribution in [1.82, 2.24) is 10.6 Å². The third kappa shape index (κ3) is 5.02. The largest absolute Gasteiger partial charge is 0.346 e. The van der Waals surface area contributed by atoms with Gasteiger partial charge in [0.2, 0.25) is 11.8 Å². The number of amides is 2. The van der Waals surface area contributed by atoms with Gasteiger partial charge in [0, 0.05) is 17.7 Å². The van der Waals surface area contributed by atoms with Gasteiger partial charge in [-0.1, -0.05) is 30.3 Å². The highest BCUT2D eigenvalue weighted by Gasteiger charge is 2.23. The van der Waals surface area contributed by atoms with Crippen molar-refractivity contribution in [2.75, 3.05) is 18.4 Å². The number of nitro groups is 1. The van der Waals surface area contributed by atoms with Crippen LogP contribution in [0.1, 0.15) is 28.8 Å². The number of nitro benzene ring substituents is 1. The van der Waals surface area contributed by atoms with E-state index in [1.807, 2.05) is 0 Å². The van der Waals surface area contributed by atoms with Crippen LogP contribution in [0.2, 0.25) is 0 Å². The Labute approximate surface area is 166 Å². The van der Waals surface area contributed by atoms with Crippen molar-refractivity contribution in [3.63, 3.8) is 0 Å². The molecule has 2 aromatic rings. The van der Waals surface area contributed by atoms with Crippen molar-refractivity contribution < 1.29 is 19.3 Å². The highest BCUT2D eigenvalue weighted by molar-refractivity contribution is 6.14. The van der Waals surface area contributed by atoms with E-state index in [4.69, 9.17) is 0 Å². The number of ketones is 1. The second-order valence-electron chi connectivity index (χ2n) is 6.60. The second-order valence-corrected chi connectivity index (χ2v) is 6.60. The summed E-state index contributed by atoms with van der Waals surface area (Å²) in [6.45, 7) is 0.491. The van der Waals surface area contributed by atoms with Crippen LogP contribution in [0, 0.1) is 10.1 Å². The summed E-state index contributed by atoms with van der Waals surface area (Å²) in [7, 11) is 0. The van der Waals surface area contributed by atoms with Crippen LogP contribution < -0.4 is 16.0 Å². The summed E-state index contributed by atoms with van der Waals surface area (Å²) >= 11 is 0. The molecule has 1 fully saturated rings. The lowest BCUT2D eigenvalue weighted by molar-refractivity contribution is -0.384. The molecule has 1 heterocycles. The maximum atomic E-state index is 12.8. The topological polar surface area (TPSA) is 130 Å². The van der Waals surface area contributed by atoms with Crippen LogP contribution in [0.15, 0.2) is 48.5 Å². The van der Waals surface area contributed by atoms with Gasteiger partial charge in [-0.15, -0.1) is 0 Å². The number of nitrogens with one attached hydrogen (secondary N) is 3. The molecule has 3 rings (SSSR count). The molecule has 0 aliphatic carbocycles. The molecule has 9 heteroatoms. The predicted molar refractivity (Wildman–Crippen MR) is 106 cm³/mol. The summed E-state index contributed by atoms with van der Waals surface area (Å²) in [6, 6.07) is 11.6. The van der Waals surface area contributed by atoms with Crippen molar-refractivity contribution in [1.29, 1.82) is 0 Å². The van der Waals surface area contributed by atoms with E-state index < -0.39 is 16.6 Å². The molecular formula is C20H20N4O5. The standard InChI is InChI=1S/C20H20N4O5/c25-18(12-22-20(27)17-7-4-10-21-17)23-16-9-8-14(24(28)29)11-15(16)19(26)13-5-2-1-3-6-13/h1-3,5-6,8-9,11,17,21H,4,7,10,12H2,(H,22,27)(H,23,25)/t17-/m0/s1. The third-order valence-electron chi connectivity index (χ3n) is 4.57. The molecule has 0 saturated carbocycles. The number of anilines is 1. The molecular weight excluding hydrogens is 376 g/mol. The van der Waals surface area contributed by atoms with Crippen molar-refractivity contribution in [3.8, 4) is 0 Å². The molecule has 0 aromatic heterocycles. The van der Waals surface area contributed by atoms with Crippen molar-refractivity contribution in [3.05, 3.63) is 69.8 Å². The maximum Gasteiger partial charge on any atom is 0.270 e. The SMILES string of the molecule is O=C(CNC(=O)[C@@H]1CCCN1)Nc1ccc([N+](=O)[O-])cc1C(=O)c1ccccc1. The van der Waals surface area contributed by atoms with Crippen LogP contribution >= 0.6 is 0 Å². The summed E-state index contributed by atoms with van der Waals surface area (Å²) in [5.41, 5.74) is 0.220. The molecule has 0 unspecified atom stereocenters. The van der Waals surface area contributed by atoms with Crippen molar-refractivity contribution in [2.24, 2.45) is 0 Å². The molecule has 1 atom stereocenters. The van der Waals surface area contributed by atoms with Gasteiger partial charge in [0.05, 0.1) is 28.8 Å². The van der Waals surface area contributed by atoms with Gasteiger partial charge in [-0.3, -0.25) is 24.5 Å². The van der Waals surface area contributed by atoms with Crippen LogP contribution in [0.3, 0.4) is 0 Å². The highest BCUT2D eigenvalue weighted by Crippen LogP contribution is 2.25. The average molecular weight is 396 g/mol. The molecule has 0 spiro atoms. The lowest BCUT2D eigenvalue weighted by Crippen LogP contribution is -2.43. The van der Waals surface area contributed by atoms with Crippen molar-refractivity contribution in [2.45, 2.75) is 18.9 Å². The minimum absolute atomic E-state index is 0.00235. The highest BCUT2D eigenvalue weighted by atomic mass is 16.6. The molecule has 150 valence electrons. The van der Waals surface area contributed by atoms with Gasteiger partial charge in [-0.2, -0.15) is 0 Å². The lowest BCUT2D eigenvalue weighted by atomic mass is 10.0. The van der Waals surface area contributed by atoms with Gasteiger partial charge in [0.15, 0.2) is 5.78 Å². The van der Waals surface area contributed by atoms with E-state index in [0.717, 1.165) is 19.0 Å². The molecule has 3 N–H and O–H groups in total. The molecule has 9 nitrogen and oxygen atoms in total. The van der Waals surface area contributed by atoms with Gasteiger partial charge in [0.25, 0.3) is 5.69 Å². The second kappa shape index (κ2) is 9.07. The van der Waals surface area contributed by atoms with Crippen LogP contribution in [-0.4, -0.2) is 41.7 Å². The Bertz CT molecular complexity index is 939. The van der Waals surface area contributed by atoms with E-state index in [1.165, 1.54) is 12.1 Å². The Balaban J connectivity index is 1.75. The minimum Gasteiger partial charge on any atom is -0.346 e. The van der Waals surface area contributed by atoms with Crippen LogP contribution in [0.4, 0.5) is 11.4 Å². The lowest BCUT2D eigenvalue weighted by Gasteiger charge is -2.13. The zero-order valence-electron chi connectivity index (χ0n) is 15.5. The van der Waals surface area contributed by atoms with Gasteiger partial charge in [-0.25, -0.2) is 0 Å². The Morgan fingerprint density at radius 3 is 2.55 bits per heavy atom. The summed E-state index contributed by atoms with van der Waals surface area (Å²) in [5, 5.41) is 19.2. The molecule has 2 amide bonds. The molecule has 1 aliphatic rings. The number of carbonyl (C=O) groups excluding carboxylic acids is 3. The average Bonchev–Trinajstić information content (AvgIpc) is 3.27. The fourth-order valence-corrected chi connectivity index (χ4v) is 3.08. The first-order valence-electron chi connectivity index (χ1n) is 9.15. The number of rotatable bonds is 7. The fourth-order valence-electron chi connectivity index (χ4n) is 3.08. The van der Waals surface area contributed by atoms with E-state index in [-0.39, 0.29) is 35.4 Å². The first-order valence-corrected chi connectivity index (χ1v) is 9.15. The Kier molecular flexibility index (Phi) is 6.30. The Morgan fingerprint density at radius 1 is 1.14 bits per heavy atom. The molecule has 29 heavy (non-hydrogen) atoms. The summed E-state index contributed by atoms with van der Waals surface area (Å²) in [4.78, 5) is 47.6. The quantitative estimate of drug-likeness (QED) is 0.370. The van der Waals surface area contributed by atoms with Gasteiger partial charge >= 0.3 is 0 Å².